The van der Waals surface area contributed by atoms with E-state index in [1.165, 1.54) is 0 Å². The van der Waals surface area contributed by atoms with Crippen molar-refractivity contribution in [3.63, 3.8) is 0 Å². The molecule has 0 aromatic carbocycles. The van der Waals surface area contributed by atoms with Gasteiger partial charge in [0.15, 0.2) is 0 Å². The van der Waals surface area contributed by atoms with Gasteiger partial charge in [0.05, 0.1) is 0 Å². The zero-order valence-corrected chi connectivity index (χ0v) is 13.0. The van der Waals surface area contributed by atoms with Crippen LogP contribution in [0.2, 0.25) is 0 Å². The summed E-state index contributed by atoms with van der Waals surface area (Å²) in [6.07, 6.45) is 5.80. The fourth-order valence-corrected chi connectivity index (χ4v) is 3.43. The van der Waals surface area contributed by atoms with E-state index in [4.69, 9.17) is 0 Å². The maximum absolute atomic E-state index is 12.5. The van der Waals surface area contributed by atoms with E-state index in [2.05, 4.69) is 17.3 Å². The second-order valence-corrected chi connectivity index (χ2v) is 6.96. The molecule has 0 radical (unpaired) electrons. The normalized spacial score (nSPS) is 31.0. The van der Waals surface area contributed by atoms with E-state index in [0.717, 1.165) is 64.7 Å². The summed E-state index contributed by atoms with van der Waals surface area (Å²) in [6, 6.07) is 0.446. The Morgan fingerprint density at radius 3 is 2.00 bits per heavy atom. The number of likely N-dealkylation sites (N-methyl/N-ethyl adjacent to an activating group) is 1. The molecule has 1 heterocycles. The molecule has 1 saturated heterocycles. The molecule has 0 aromatic rings. The SMILES string of the molecule is CN1CCN(C(=O)C2CCC(C(=O)NC3CC3)CC2)CC1. The van der Waals surface area contributed by atoms with Crippen LogP contribution in [0, 0.1) is 11.8 Å². The zero-order chi connectivity index (χ0) is 14.8. The van der Waals surface area contributed by atoms with Crippen LogP contribution in [0.15, 0.2) is 0 Å². The minimum atomic E-state index is 0.141. The summed E-state index contributed by atoms with van der Waals surface area (Å²) < 4.78 is 0. The third-order valence-electron chi connectivity index (χ3n) is 5.19. The van der Waals surface area contributed by atoms with Gasteiger partial charge in [-0.1, -0.05) is 0 Å². The molecule has 5 nitrogen and oxygen atoms in total. The van der Waals surface area contributed by atoms with E-state index in [9.17, 15) is 9.59 Å². The Bertz CT molecular complexity index is 392. The lowest BCUT2D eigenvalue weighted by atomic mass is 9.81. The molecule has 5 heteroatoms. The first-order chi connectivity index (χ1) is 10.1. The van der Waals surface area contributed by atoms with Gasteiger partial charge in [0.1, 0.15) is 0 Å². The van der Waals surface area contributed by atoms with Gasteiger partial charge >= 0.3 is 0 Å². The van der Waals surface area contributed by atoms with Crippen molar-refractivity contribution in [2.75, 3.05) is 33.2 Å². The van der Waals surface area contributed by atoms with E-state index in [0.29, 0.717) is 11.9 Å². The van der Waals surface area contributed by atoms with Crippen LogP contribution in [-0.4, -0.2) is 60.9 Å². The van der Waals surface area contributed by atoms with Crippen LogP contribution >= 0.6 is 0 Å². The molecule has 2 amide bonds. The summed E-state index contributed by atoms with van der Waals surface area (Å²) in [4.78, 5) is 28.9. The highest BCUT2D eigenvalue weighted by Gasteiger charge is 2.34. The van der Waals surface area contributed by atoms with Crippen molar-refractivity contribution in [3.05, 3.63) is 0 Å². The predicted octanol–water partition coefficient (Wildman–Crippen LogP) is 0.845. The second-order valence-electron chi connectivity index (χ2n) is 6.96. The molecule has 1 aliphatic heterocycles. The number of hydrogen-bond acceptors (Lipinski definition) is 3. The molecule has 0 aromatic heterocycles. The Kier molecular flexibility index (Phi) is 4.48. The minimum absolute atomic E-state index is 0.141. The van der Waals surface area contributed by atoms with Crippen LogP contribution in [0.3, 0.4) is 0 Å². The van der Waals surface area contributed by atoms with Crippen LogP contribution in [0.25, 0.3) is 0 Å². The van der Waals surface area contributed by atoms with Gasteiger partial charge in [0.25, 0.3) is 0 Å². The molecule has 1 N–H and O–H groups in total. The van der Waals surface area contributed by atoms with Crippen LogP contribution in [0.4, 0.5) is 0 Å². The molecular weight excluding hydrogens is 266 g/mol. The van der Waals surface area contributed by atoms with Gasteiger partial charge in [-0.15, -0.1) is 0 Å². The summed E-state index contributed by atoms with van der Waals surface area (Å²) in [5.41, 5.74) is 0. The topological polar surface area (TPSA) is 52.7 Å². The van der Waals surface area contributed by atoms with Crippen LogP contribution in [0.5, 0.6) is 0 Å². The van der Waals surface area contributed by atoms with Gasteiger partial charge in [-0.05, 0) is 45.6 Å². The molecule has 3 aliphatic rings. The van der Waals surface area contributed by atoms with Gasteiger partial charge in [0.2, 0.25) is 11.8 Å². The number of amides is 2. The first kappa shape index (κ1) is 14.8. The average Bonchev–Trinajstić information content (AvgIpc) is 3.31. The lowest BCUT2D eigenvalue weighted by molar-refractivity contribution is -0.139. The number of carbonyl (C=O) groups excluding carboxylic acids is 2. The molecule has 2 aliphatic carbocycles. The molecular formula is C16H27N3O2. The number of hydrogen-bond donors (Lipinski definition) is 1. The summed E-state index contributed by atoms with van der Waals surface area (Å²) in [5, 5.41) is 3.10. The lowest BCUT2D eigenvalue weighted by Crippen LogP contribution is -2.49. The van der Waals surface area contributed by atoms with Gasteiger partial charge in [-0.2, -0.15) is 0 Å². The van der Waals surface area contributed by atoms with E-state index >= 15 is 0 Å². The minimum Gasteiger partial charge on any atom is -0.353 e. The van der Waals surface area contributed by atoms with Gasteiger partial charge in [0, 0.05) is 44.1 Å². The highest BCUT2D eigenvalue weighted by molar-refractivity contribution is 5.81. The molecule has 118 valence electrons. The third-order valence-corrected chi connectivity index (χ3v) is 5.19. The standard InChI is InChI=1S/C16H27N3O2/c1-18-8-10-19(11-9-18)16(21)13-4-2-12(3-5-13)15(20)17-14-6-7-14/h12-14H,2-11H2,1H3,(H,17,20). The van der Waals surface area contributed by atoms with Gasteiger partial charge in [-0.3, -0.25) is 9.59 Å². The average molecular weight is 293 g/mol. The van der Waals surface area contributed by atoms with Crippen LogP contribution < -0.4 is 5.32 Å². The quantitative estimate of drug-likeness (QED) is 0.839. The summed E-state index contributed by atoms with van der Waals surface area (Å²) in [5.74, 6) is 0.840. The number of nitrogens with one attached hydrogen (secondary N) is 1. The molecule has 0 spiro atoms. The van der Waals surface area contributed by atoms with Crippen molar-refractivity contribution < 1.29 is 9.59 Å². The van der Waals surface area contributed by atoms with Gasteiger partial charge in [-0.25, -0.2) is 0 Å². The number of nitrogens with zero attached hydrogens (tertiary/aromatic N) is 2. The van der Waals surface area contributed by atoms with E-state index in [1.807, 2.05) is 4.90 Å². The van der Waals surface area contributed by atoms with E-state index in [-0.39, 0.29) is 17.7 Å². The third kappa shape index (κ3) is 3.76. The summed E-state index contributed by atoms with van der Waals surface area (Å²) in [6.45, 7) is 3.67. The smallest absolute Gasteiger partial charge is 0.225 e. The Balaban J connectivity index is 1.44. The molecule has 2 saturated carbocycles. The number of carbonyl (C=O) groups is 2. The van der Waals surface area contributed by atoms with Gasteiger partial charge < -0.3 is 15.1 Å². The monoisotopic (exact) mass is 293 g/mol. The maximum Gasteiger partial charge on any atom is 0.225 e. The van der Waals surface area contributed by atoms with Crippen molar-refractivity contribution in [2.24, 2.45) is 11.8 Å². The fraction of sp³-hybridized carbons (Fsp3) is 0.875. The Morgan fingerprint density at radius 2 is 1.43 bits per heavy atom. The molecule has 0 atom stereocenters. The van der Waals surface area contributed by atoms with Crippen molar-refractivity contribution in [1.82, 2.24) is 15.1 Å². The van der Waals surface area contributed by atoms with Crippen molar-refractivity contribution in [2.45, 2.75) is 44.6 Å². The molecule has 3 fully saturated rings. The van der Waals surface area contributed by atoms with Crippen molar-refractivity contribution in [3.8, 4) is 0 Å². The summed E-state index contributed by atoms with van der Waals surface area (Å²) >= 11 is 0. The predicted molar refractivity (Wildman–Crippen MR) is 80.7 cm³/mol. The zero-order valence-electron chi connectivity index (χ0n) is 13.0. The second kappa shape index (κ2) is 6.34. The number of rotatable bonds is 3. The van der Waals surface area contributed by atoms with Crippen LogP contribution in [0.1, 0.15) is 38.5 Å². The Morgan fingerprint density at radius 1 is 0.857 bits per heavy atom. The first-order valence-electron chi connectivity index (χ1n) is 8.41. The van der Waals surface area contributed by atoms with E-state index in [1.54, 1.807) is 0 Å². The lowest BCUT2D eigenvalue weighted by Gasteiger charge is -2.36. The highest BCUT2D eigenvalue weighted by Crippen LogP contribution is 2.31. The molecule has 0 bridgehead atoms. The highest BCUT2D eigenvalue weighted by atomic mass is 16.2. The van der Waals surface area contributed by atoms with E-state index < -0.39 is 0 Å². The fourth-order valence-electron chi connectivity index (χ4n) is 3.43. The Hall–Kier alpha value is -1.10. The first-order valence-corrected chi connectivity index (χ1v) is 8.41. The Labute approximate surface area is 127 Å². The number of piperazine rings is 1. The largest absolute Gasteiger partial charge is 0.353 e. The van der Waals surface area contributed by atoms with Crippen LogP contribution in [-0.2, 0) is 9.59 Å². The maximum atomic E-state index is 12.5. The molecule has 3 rings (SSSR count). The molecule has 0 unspecified atom stereocenters. The summed E-state index contributed by atoms with van der Waals surface area (Å²) in [7, 11) is 2.10. The van der Waals surface area contributed by atoms with Crippen molar-refractivity contribution >= 4 is 11.8 Å². The molecule has 21 heavy (non-hydrogen) atoms. The van der Waals surface area contributed by atoms with Crippen molar-refractivity contribution in [1.29, 1.82) is 0 Å².